The first-order chi connectivity index (χ1) is 11.0. The monoisotopic (exact) mass is 332 g/mol. The van der Waals surface area contributed by atoms with Gasteiger partial charge in [0.1, 0.15) is 5.01 Å². The molecule has 2 aromatic heterocycles. The second-order valence-corrected chi connectivity index (χ2v) is 7.22. The summed E-state index contributed by atoms with van der Waals surface area (Å²) in [5, 5.41) is 7.60. The number of hydrogen-bond acceptors (Lipinski definition) is 4. The molecule has 6 heteroatoms. The van der Waals surface area contributed by atoms with Gasteiger partial charge in [0.2, 0.25) is 5.91 Å². The summed E-state index contributed by atoms with van der Waals surface area (Å²) >= 11 is 1.67. The fourth-order valence-electron chi connectivity index (χ4n) is 3.26. The van der Waals surface area contributed by atoms with E-state index in [1.807, 2.05) is 36.4 Å². The molecule has 1 atom stereocenters. The van der Waals surface area contributed by atoms with Crippen LogP contribution in [0.25, 0.3) is 0 Å². The van der Waals surface area contributed by atoms with E-state index >= 15 is 0 Å². The zero-order valence-corrected chi connectivity index (χ0v) is 14.9. The van der Waals surface area contributed by atoms with Crippen molar-refractivity contribution in [3.05, 3.63) is 33.5 Å². The maximum absolute atomic E-state index is 12.7. The van der Waals surface area contributed by atoms with Crippen molar-refractivity contribution >= 4 is 17.2 Å². The summed E-state index contributed by atoms with van der Waals surface area (Å²) in [6.07, 6.45) is 3.79. The first kappa shape index (κ1) is 16.2. The molecule has 5 nitrogen and oxygen atoms in total. The predicted octanol–water partition coefficient (Wildman–Crippen LogP) is 3.41. The Morgan fingerprint density at radius 1 is 1.30 bits per heavy atom. The summed E-state index contributed by atoms with van der Waals surface area (Å²) < 4.78 is 1.93. The third-order valence-corrected chi connectivity index (χ3v) is 5.45. The van der Waals surface area contributed by atoms with Gasteiger partial charge in [0.25, 0.3) is 0 Å². The van der Waals surface area contributed by atoms with Crippen LogP contribution in [0.2, 0.25) is 0 Å². The minimum atomic E-state index is 0.162. The first-order valence-corrected chi connectivity index (χ1v) is 9.15. The molecule has 3 rings (SSSR count). The van der Waals surface area contributed by atoms with Gasteiger partial charge >= 0.3 is 0 Å². The summed E-state index contributed by atoms with van der Waals surface area (Å²) in [6, 6.07) is 2.21. The molecule has 0 aromatic carbocycles. The Morgan fingerprint density at radius 3 is 2.78 bits per heavy atom. The lowest BCUT2D eigenvalue weighted by atomic mass is 10.0. The average molecular weight is 332 g/mol. The van der Waals surface area contributed by atoms with Gasteiger partial charge < -0.3 is 4.90 Å². The number of aromatic nitrogens is 3. The number of piperidine rings is 1. The van der Waals surface area contributed by atoms with Gasteiger partial charge in [-0.3, -0.25) is 9.48 Å². The molecule has 0 radical (unpaired) electrons. The van der Waals surface area contributed by atoms with Crippen LogP contribution in [-0.2, 0) is 11.3 Å². The number of nitrogens with zero attached hydrogens (tertiary/aromatic N) is 4. The van der Waals surface area contributed by atoms with Crippen molar-refractivity contribution in [1.29, 1.82) is 0 Å². The molecule has 0 aliphatic carbocycles. The predicted molar refractivity (Wildman–Crippen MR) is 91.5 cm³/mol. The highest BCUT2D eigenvalue weighted by Gasteiger charge is 2.29. The lowest BCUT2D eigenvalue weighted by molar-refractivity contribution is -0.135. The number of aryl methyl sites for hydroxylation is 4. The molecule has 1 aliphatic heterocycles. The summed E-state index contributed by atoms with van der Waals surface area (Å²) in [5.74, 6) is 0.218. The zero-order chi connectivity index (χ0) is 16.4. The maximum atomic E-state index is 12.7. The van der Waals surface area contributed by atoms with Crippen molar-refractivity contribution in [2.45, 2.75) is 59.0 Å². The second kappa shape index (κ2) is 6.83. The van der Waals surface area contributed by atoms with Gasteiger partial charge in [-0.15, -0.1) is 11.3 Å². The summed E-state index contributed by atoms with van der Waals surface area (Å²) in [6.45, 7) is 7.53. The normalized spacial score (nSPS) is 18.4. The van der Waals surface area contributed by atoms with Crippen molar-refractivity contribution in [3.8, 4) is 0 Å². The smallest absolute Gasteiger partial charge is 0.225 e. The van der Waals surface area contributed by atoms with E-state index in [0.29, 0.717) is 13.0 Å². The largest absolute Gasteiger partial charge is 0.333 e. The van der Waals surface area contributed by atoms with E-state index in [9.17, 15) is 4.79 Å². The van der Waals surface area contributed by atoms with E-state index in [1.54, 1.807) is 11.3 Å². The van der Waals surface area contributed by atoms with Crippen LogP contribution < -0.4 is 0 Å². The molecule has 0 unspecified atom stereocenters. The molecule has 2 aromatic rings. The van der Waals surface area contributed by atoms with Gasteiger partial charge in [0, 0.05) is 36.3 Å². The molecule has 1 saturated heterocycles. The Morgan fingerprint density at radius 2 is 2.13 bits per heavy atom. The standard InChI is InChI=1S/C17H24N4OS/c1-12-10-14(3)21(19-12)9-7-16(22)20-8-5-4-6-15(20)17-18-13(2)11-23-17/h10-11,15H,4-9H2,1-3H3/t15-/m1/s1. The third kappa shape index (κ3) is 3.63. The zero-order valence-electron chi connectivity index (χ0n) is 14.1. The molecular weight excluding hydrogens is 308 g/mol. The van der Waals surface area contributed by atoms with Gasteiger partial charge in [-0.2, -0.15) is 5.10 Å². The Bertz CT molecular complexity index is 691. The molecule has 1 fully saturated rings. The van der Waals surface area contributed by atoms with Crippen LogP contribution in [0.1, 0.15) is 53.8 Å². The van der Waals surface area contributed by atoms with E-state index in [-0.39, 0.29) is 11.9 Å². The summed E-state index contributed by atoms with van der Waals surface area (Å²) in [7, 11) is 0. The Kier molecular flexibility index (Phi) is 4.80. The molecule has 23 heavy (non-hydrogen) atoms. The summed E-state index contributed by atoms with van der Waals surface area (Å²) in [4.78, 5) is 19.4. The van der Waals surface area contributed by atoms with E-state index in [1.165, 1.54) is 6.42 Å². The molecule has 3 heterocycles. The highest BCUT2D eigenvalue weighted by molar-refractivity contribution is 7.09. The molecule has 0 bridgehead atoms. The number of hydrogen-bond donors (Lipinski definition) is 0. The molecule has 0 spiro atoms. The number of rotatable bonds is 4. The Labute approximate surface area is 141 Å². The second-order valence-electron chi connectivity index (χ2n) is 6.33. The van der Waals surface area contributed by atoms with Gasteiger partial charge in [-0.05, 0) is 46.1 Å². The van der Waals surface area contributed by atoms with Crippen molar-refractivity contribution < 1.29 is 4.79 Å². The van der Waals surface area contributed by atoms with Crippen LogP contribution >= 0.6 is 11.3 Å². The van der Waals surface area contributed by atoms with Crippen LogP contribution in [0.4, 0.5) is 0 Å². The van der Waals surface area contributed by atoms with Crippen molar-refractivity contribution in [2.75, 3.05) is 6.54 Å². The molecule has 1 amide bonds. The lowest BCUT2D eigenvalue weighted by Crippen LogP contribution is -2.38. The quantitative estimate of drug-likeness (QED) is 0.862. The fraction of sp³-hybridized carbons (Fsp3) is 0.588. The van der Waals surface area contributed by atoms with E-state index in [4.69, 9.17) is 0 Å². The van der Waals surface area contributed by atoms with E-state index in [2.05, 4.69) is 15.5 Å². The fourth-order valence-corrected chi connectivity index (χ4v) is 4.20. The molecule has 1 aliphatic rings. The average Bonchev–Trinajstić information content (AvgIpc) is 3.10. The summed E-state index contributed by atoms with van der Waals surface area (Å²) in [5.41, 5.74) is 3.16. The van der Waals surface area contributed by atoms with Crippen LogP contribution in [0.15, 0.2) is 11.4 Å². The molecule has 0 saturated carbocycles. The van der Waals surface area contributed by atoms with Gasteiger partial charge in [-0.1, -0.05) is 0 Å². The highest BCUT2D eigenvalue weighted by Crippen LogP contribution is 2.33. The first-order valence-electron chi connectivity index (χ1n) is 8.27. The van der Waals surface area contributed by atoms with E-state index < -0.39 is 0 Å². The van der Waals surface area contributed by atoms with Crippen LogP contribution in [-0.4, -0.2) is 32.1 Å². The van der Waals surface area contributed by atoms with Crippen molar-refractivity contribution in [2.24, 2.45) is 0 Å². The number of amides is 1. The SMILES string of the molecule is Cc1csc([C@H]2CCCCN2C(=O)CCn2nc(C)cc2C)n1. The number of carbonyl (C=O) groups is 1. The van der Waals surface area contributed by atoms with Crippen molar-refractivity contribution in [1.82, 2.24) is 19.7 Å². The minimum absolute atomic E-state index is 0.162. The van der Waals surface area contributed by atoms with Crippen LogP contribution in [0, 0.1) is 20.8 Å². The van der Waals surface area contributed by atoms with E-state index in [0.717, 1.165) is 41.5 Å². The van der Waals surface area contributed by atoms with Crippen LogP contribution in [0.5, 0.6) is 0 Å². The highest BCUT2D eigenvalue weighted by atomic mass is 32.1. The Hall–Kier alpha value is -1.69. The number of likely N-dealkylation sites (tertiary alicyclic amines) is 1. The molecular formula is C17H24N4OS. The van der Waals surface area contributed by atoms with Crippen LogP contribution in [0.3, 0.4) is 0 Å². The van der Waals surface area contributed by atoms with Crippen molar-refractivity contribution in [3.63, 3.8) is 0 Å². The third-order valence-electron chi connectivity index (χ3n) is 4.39. The number of thiazole rings is 1. The topological polar surface area (TPSA) is 51.0 Å². The Balaban J connectivity index is 1.67. The molecule has 0 N–H and O–H groups in total. The molecule has 124 valence electrons. The van der Waals surface area contributed by atoms with Gasteiger partial charge in [0.15, 0.2) is 0 Å². The minimum Gasteiger partial charge on any atom is -0.333 e. The van der Waals surface area contributed by atoms with Gasteiger partial charge in [-0.25, -0.2) is 4.98 Å². The number of carbonyl (C=O) groups excluding carboxylic acids is 1. The maximum Gasteiger partial charge on any atom is 0.225 e. The van der Waals surface area contributed by atoms with Gasteiger partial charge in [0.05, 0.1) is 11.7 Å². The lowest BCUT2D eigenvalue weighted by Gasteiger charge is -2.34.